The van der Waals surface area contributed by atoms with Gasteiger partial charge in [0.2, 0.25) is 0 Å². The summed E-state index contributed by atoms with van der Waals surface area (Å²) in [7, 11) is 0. The maximum atomic E-state index is 11.5. The van der Waals surface area contributed by atoms with Gasteiger partial charge in [-0.2, -0.15) is 0 Å². The Bertz CT molecular complexity index is 197. The fourth-order valence-electron chi connectivity index (χ4n) is 1.50. The molecule has 0 amide bonds. The Morgan fingerprint density at radius 1 is 1.13 bits per heavy atom. The van der Waals surface area contributed by atoms with E-state index < -0.39 is 0 Å². The van der Waals surface area contributed by atoms with Crippen molar-refractivity contribution in [2.45, 2.75) is 59.3 Å². The molecule has 1 N–H and O–H groups in total. The molecule has 0 atom stereocenters. The van der Waals surface area contributed by atoms with E-state index in [0.717, 1.165) is 25.1 Å². The molecule has 2 nitrogen and oxygen atoms in total. The lowest BCUT2D eigenvalue weighted by molar-refractivity contribution is -0.114. The van der Waals surface area contributed by atoms with Crippen LogP contribution in [0.2, 0.25) is 0 Å². The molecule has 0 aliphatic rings. The van der Waals surface area contributed by atoms with Gasteiger partial charge in [-0.3, -0.25) is 4.79 Å². The van der Waals surface area contributed by atoms with E-state index in [1.54, 1.807) is 6.08 Å². The van der Waals surface area contributed by atoms with Gasteiger partial charge in [0.1, 0.15) is 0 Å². The molecular weight excluding hydrogens is 186 g/mol. The summed E-state index contributed by atoms with van der Waals surface area (Å²) in [6.07, 6.45) is 8.07. The third-order valence-corrected chi connectivity index (χ3v) is 2.40. The Kier molecular flexibility index (Phi) is 9.24. The fraction of sp³-hybridized carbons (Fsp3) is 0.769. The standard InChI is InChI=1S/C13H25NO/c1-4-7-8-9-10-13(15)11-12(5-2)14-6-3/h11,14H,4-10H2,1-3H3/b12-11-. The van der Waals surface area contributed by atoms with Crippen molar-refractivity contribution in [1.29, 1.82) is 0 Å². The maximum absolute atomic E-state index is 11.5. The second kappa shape index (κ2) is 9.75. The molecule has 0 saturated heterocycles. The SMILES string of the molecule is CCCCCCC(=O)/C=C(/CC)NCC. The molecular formula is C13H25NO. The van der Waals surface area contributed by atoms with E-state index in [1.807, 2.05) is 0 Å². The van der Waals surface area contributed by atoms with Crippen molar-refractivity contribution in [2.75, 3.05) is 6.54 Å². The van der Waals surface area contributed by atoms with Crippen molar-refractivity contribution in [3.05, 3.63) is 11.8 Å². The number of carbonyl (C=O) groups is 1. The van der Waals surface area contributed by atoms with E-state index in [2.05, 4.69) is 26.1 Å². The van der Waals surface area contributed by atoms with Crippen LogP contribution in [0.1, 0.15) is 59.3 Å². The molecule has 15 heavy (non-hydrogen) atoms. The summed E-state index contributed by atoms with van der Waals surface area (Å²) in [5.41, 5.74) is 1.07. The Balaban J connectivity index is 3.77. The molecule has 0 heterocycles. The van der Waals surface area contributed by atoms with Gasteiger partial charge in [0, 0.05) is 18.7 Å². The van der Waals surface area contributed by atoms with Gasteiger partial charge in [-0.1, -0.05) is 33.1 Å². The first-order valence-corrected chi connectivity index (χ1v) is 6.21. The molecule has 0 radical (unpaired) electrons. The molecule has 0 aliphatic heterocycles. The first kappa shape index (κ1) is 14.2. The first-order chi connectivity index (χ1) is 7.24. The van der Waals surface area contributed by atoms with E-state index in [1.165, 1.54) is 19.3 Å². The number of unbranched alkanes of at least 4 members (excludes halogenated alkanes) is 3. The lowest BCUT2D eigenvalue weighted by atomic mass is 10.1. The normalized spacial score (nSPS) is 11.5. The predicted molar refractivity (Wildman–Crippen MR) is 65.8 cm³/mol. The molecule has 0 fully saturated rings. The van der Waals surface area contributed by atoms with Crippen molar-refractivity contribution >= 4 is 5.78 Å². The maximum Gasteiger partial charge on any atom is 0.157 e. The van der Waals surface area contributed by atoms with E-state index in [4.69, 9.17) is 0 Å². The molecule has 2 heteroatoms. The molecule has 0 spiro atoms. The monoisotopic (exact) mass is 211 g/mol. The third kappa shape index (κ3) is 8.22. The Hall–Kier alpha value is -0.790. The van der Waals surface area contributed by atoms with Crippen LogP contribution in [0.5, 0.6) is 0 Å². The smallest absolute Gasteiger partial charge is 0.157 e. The fourth-order valence-corrected chi connectivity index (χ4v) is 1.50. The first-order valence-electron chi connectivity index (χ1n) is 6.21. The summed E-state index contributed by atoms with van der Waals surface area (Å²) in [4.78, 5) is 11.5. The lowest BCUT2D eigenvalue weighted by Gasteiger charge is -2.05. The molecule has 88 valence electrons. The summed E-state index contributed by atoms with van der Waals surface area (Å²) < 4.78 is 0. The lowest BCUT2D eigenvalue weighted by Crippen LogP contribution is -2.13. The van der Waals surface area contributed by atoms with E-state index in [-0.39, 0.29) is 5.78 Å². The van der Waals surface area contributed by atoms with Crippen LogP contribution in [0.4, 0.5) is 0 Å². The summed E-state index contributed by atoms with van der Waals surface area (Å²) in [6.45, 7) is 7.19. The highest BCUT2D eigenvalue weighted by molar-refractivity contribution is 5.90. The minimum atomic E-state index is 0.268. The van der Waals surface area contributed by atoms with Gasteiger partial charge in [-0.15, -0.1) is 0 Å². The van der Waals surface area contributed by atoms with Crippen molar-refractivity contribution in [2.24, 2.45) is 0 Å². The minimum absolute atomic E-state index is 0.268. The zero-order valence-electron chi connectivity index (χ0n) is 10.4. The van der Waals surface area contributed by atoms with Crippen LogP contribution in [0.3, 0.4) is 0 Å². The van der Waals surface area contributed by atoms with Crippen LogP contribution in [0, 0.1) is 0 Å². The molecule has 0 saturated carbocycles. The Morgan fingerprint density at radius 3 is 2.40 bits per heavy atom. The average Bonchev–Trinajstić information content (AvgIpc) is 2.24. The molecule has 0 bridgehead atoms. The Morgan fingerprint density at radius 2 is 1.87 bits per heavy atom. The summed E-state index contributed by atoms with van der Waals surface area (Å²) >= 11 is 0. The number of allylic oxidation sites excluding steroid dienone is 2. The van der Waals surface area contributed by atoms with E-state index in [9.17, 15) is 4.79 Å². The quantitative estimate of drug-likeness (QED) is 0.467. The summed E-state index contributed by atoms with van der Waals surface area (Å²) in [5.74, 6) is 0.268. The molecule has 0 aromatic heterocycles. The van der Waals surface area contributed by atoms with Gasteiger partial charge in [0.15, 0.2) is 5.78 Å². The van der Waals surface area contributed by atoms with Gasteiger partial charge in [0.25, 0.3) is 0 Å². The highest BCUT2D eigenvalue weighted by Gasteiger charge is 1.99. The van der Waals surface area contributed by atoms with Crippen LogP contribution in [-0.2, 0) is 4.79 Å². The van der Waals surface area contributed by atoms with Gasteiger partial charge in [-0.05, 0) is 25.8 Å². The largest absolute Gasteiger partial charge is 0.389 e. The van der Waals surface area contributed by atoms with Crippen molar-refractivity contribution in [3.63, 3.8) is 0 Å². The zero-order chi connectivity index (χ0) is 11.5. The van der Waals surface area contributed by atoms with Crippen LogP contribution < -0.4 is 5.32 Å². The van der Waals surface area contributed by atoms with E-state index >= 15 is 0 Å². The van der Waals surface area contributed by atoms with Gasteiger partial charge < -0.3 is 5.32 Å². The highest BCUT2D eigenvalue weighted by Crippen LogP contribution is 2.05. The number of rotatable bonds is 9. The van der Waals surface area contributed by atoms with Crippen LogP contribution in [-0.4, -0.2) is 12.3 Å². The van der Waals surface area contributed by atoms with Crippen molar-refractivity contribution < 1.29 is 4.79 Å². The van der Waals surface area contributed by atoms with Crippen LogP contribution >= 0.6 is 0 Å². The zero-order valence-corrected chi connectivity index (χ0v) is 10.4. The number of carbonyl (C=O) groups excluding carboxylic acids is 1. The van der Waals surface area contributed by atoms with Crippen LogP contribution in [0.15, 0.2) is 11.8 Å². The van der Waals surface area contributed by atoms with Gasteiger partial charge >= 0.3 is 0 Å². The van der Waals surface area contributed by atoms with Crippen LogP contribution in [0.25, 0.3) is 0 Å². The second-order valence-electron chi connectivity index (χ2n) is 3.83. The Labute approximate surface area is 94.1 Å². The van der Waals surface area contributed by atoms with Crippen molar-refractivity contribution in [1.82, 2.24) is 5.32 Å². The molecule has 0 unspecified atom stereocenters. The number of ketones is 1. The number of hydrogen-bond acceptors (Lipinski definition) is 2. The molecule has 0 aromatic rings. The third-order valence-electron chi connectivity index (χ3n) is 2.40. The second-order valence-corrected chi connectivity index (χ2v) is 3.83. The number of nitrogens with one attached hydrogen (secondary N) is 1. The topological polar surface area (TPSA) is 29.1 Å². The average molecular weight is 211 g/mol. The highest BCUT2D eigenvalue weighted by atomic mass is 16.1. The molecule has 0 aromatic carbocycles. The summed E-state index contributed by atoms with van der Waals surface area (Å²) in [6, 6.07) is 0. The predicted octanol–water partition coefficient (Wildman–Crippen LogP) is 3.43. The van der Waals surface area contributed by atoms with E-state index in [0.29, 0.717) is 6.42 Å². The number of hydrogen-bond donors (Lipinski definition) is 1. The molecule has 0 rings (SSSR count). The summed E-state index contributed by atoms with van der Waals surface area (Å²) in [5, 5.41) is 3.21. The minimum Gasteiger partial charge on any atom is -0.389 e. The van der Waals surface area contributed by atoms with Crippen molar-refractivity contribution in [3.8, 4) is 0 Å². The molecule has 0 aliphatic carbocycles. The van der Waals surface area contributed by atoms with Gasteiger partial charge in [-0.25, -0.2) is 0 Å². The van der Waals surface area contributed by atoms with Gasteiger partial charge in [0.05, 0.1) is 0 Å².